The highest BCUT2D eigenvalue weighted by atomic mass is 35.5. The number of halogens is 1. The smallest absolute Gasteiger partial charge is 0.253 e. The summed E-state index contributed by atoms with van der Waals surface area (Å²) in [5.41, 5.74) is 1.31. The molecule has 0 radical (unpaired) electrons. The highest BCUT2D eigenvalue weighted by Gasteiger charge is 2.09. The first-order valence-corrected chi connectivity index (χ1v) is 6.13. The van der Waals surface area contributed by atoms with Gasteiger partial charge < -0.3 is 5.32 Å². The highest BCUT2D eigenvalue weighted by molar-refractivity contribution is 6.33. The van der Waals surface area contributed by atoms with Gasteiger partial charge in [-0.05, 0) is 25.1 Å². The van der Waals surface area contributed by atoms with Crippen molar-refractivity contribution in [2.45, 2.75) is 20.0 Å². The van der Waals surface area contributed by atoms with Crippen molar-refractivity contribution in [3.63, 3.8) is 0 Å². The first-order chi connectivity index (χ1) is 8.70. The summed E-state index contributed by atoms with van der Waals surface area (Å²) < 4.78 is 1.82. The van der Waals surface area contributed by atoms with Gasteiger partial charge in [-0.3, -0.25) is 9.48 Å². The fourth-order valence-electron chi connectivity index (χ4n) is 1.59. The SMILES string of the molecule is CCn1ccc(CNC(=O)c2ccccc2Cl)n1. The van der Waals surface area contributed by atoms with E-state index in [0.717, 1.165) is 12.2 Å². The van der Waals surface area contributed by atoms with Gasteiger partial charge in [0.05, 0.1) is 22.8 Å². The molecule has 1 heterocycles. The lowest BCUT2D eigenvalue weighted by atomic mass is 10.2. The third kappa shape index (κ3) is 2.90. The van der Waals surface area contributed by atoms with Crippen LogP contribution in [-0.4, -0.2) is 15.7 Å². The van der Waals surface area contributed by atoms with Crippen molar-refractivity contribution in [3.05, 3.63) is 52.8 Å². The lowest BCUT2D eigenvalue weighted by Crippen LogP contribution is -2.23. The monoisotopic (exact) mass is 263 g/mol. The minimum Gasteiger partial charge on any atom is -0.346 e. The number of nitrogens with zero attached hydrogens (tertiary/aromatic N) is 2. The van der Waals surface area contributed by atoms with Crippen LogP contribution in [0.5, 0.6) is 0 Å². The fourth-order valence-corrected chi connectivity index (χ4v) is 1.81. The van der Waals surface area contributed by atoms with Crippen molar-refractivity contribution in [3.8, 4) is 0 Å². The van der Waals surface area contributed by atoms with Crippen LogP contribution >= 0.6 is 11.6 Å². The molecule has 0 spiro atoms. The molecule has 0 saturated carbocycles. The summed E-state index contributed by atoms with van der Waals surface area (Å²) in [5.74, 6) is -0.188. The number of benzene rings is 1. The lowest BCUT2D eigenvalue weighted by Gasteiger charge is -2.04. The van der Waals surface area contributed by atoms with Gasteiger partial charge in [0.15, 0.2) is 0 Å². The van der Waals surface area contributed by atoms with Crippen molar-refractivity contribution in [2.75, 3.05) is 0 Å². The van der Waals surface area contributed by atoms with E-state index < -0.39 is 0 Å². The Morgan fingerprint density at radius 1 is 1.39 bits per heavy atom. The molecule has 0 unspecified atom stereocenters. The van der Waals surface area contributed by atoms with E-state index in [-0.39, 0.29) is 5.91 Å². The Morgan fingerprint density at radius 3 is 2.83 bits per heavy atom. The van der Waals surface area contributed by atoms with Gasteiger partial charge in [0.1, 0.15) is 0 Å². The van der Waals surface area contributed by atoms with Crippen molar-refractivity contribution >= 4 is 17.5 Å². The van der Waals surface area contributed by atoms with Crippen molar-refractivity contribution < 1.29 is 4.79 Å². The zero-order valence-electron chi connectivity index (χ0n) is 10.1. The summed E-state index contributed by atoms with van der Waals surface area (Å²) in [6.07, 6.45) is 1.89. The van der Waals surface area contributed by atoms with Gasteiger partial charge in [-0.1, -0.05) is 23.7 Å². The average Bonchev–Trinajstić information content (AvgIpc) is 2.84. The van der Waals surface area contributed by atoms with Gasteiger partial charge in [0.25, 0.3) is 5.91 Å². The summed E-state index contributed by atoms with van der Waals surface area (Å²) in [6.45, 7) is 3.23. The summed E-state index contributed by atoms with van der Waals surface area (Å²) in [7, 11) is 0. The van der Waals surface area contributed by atoms with Gasteiger partial charge in [0, 0.05) is 12.7 Å². The van der Waals surface area contributed by atoms with Crippen LogP contribution in [0.2, 0.25) is 5.02 Å². The number of aryl methyl sites for hydroxylation is 1. The number of amides is 1. The predicted molar refractivity (Wildman–Crippen MR) is 70.5 cm³/mol. The summed E-state index contributed by atoms with van der Waals surface area (Å²) in [6, 6.07) is 8.86. The zero-order valence-corrected chi connectivity index (χ0v) is 10.8. The number of rotatable bonds is 4. The minimum absolute atomic E-state index is 0.188. The van der Waals surface area contributed by atoms with Crippen LogP contribution in [-0.2, 0) is 13.1 Å². The summed E-state index contributed by atoms with van der Waals surface area (Å²) in [4.78, 5) is 11.9. The van der Waals surface area contributed by atoms with E-state index in [1.54, 1.807) is 24.3 Å². The number of aromatic nitrogens is 2. The van der Waals surface area contributed by atoms with E-state index in [0.29, 0.717) is 17.1 Å². The molecule has 0 atom stereocenters. The van der Waals surface area contributed by atoms with Crippen LogP contribution in [0.25, 0.3) is 0 Å². The molecule has 18 heavy (non-hydrogen) atoms. The summed E-state index contributed by atoms with van der Waals surface area (Å²) >= 11 is 5.95. The molecule has 2 rings (SSSR count). The van der Waals surface area contributed by atoms with Crippen LogP contribution in [0.4, 0.5) is 0 Å². The van der Waals surface area contributed by atoms with E-state index in [4.69, 9.17) is 11.6 Å². The Bertz CT molecular complexity index is 551. The normalized spacial score (nSPS) is 10.3. The minimum atomic E-state index is -0.188. The number of hydrogen-bond acceptors (Lipinski definition) is 2. The topological polar surface area (TPSA) is 46.9 Å². The van der Waals surface area contributed by atoms with Crippen LogP contribution in [0.15, 0.2) is 36.5 Å². The molecule has 1 aromatic heterocycles. The Morgan fingerprint density at radius 2 is 2.17 bits per heavy atom. The molecule has 0 aliphatic heterocycles. The van der Waals surface area contributed by atoms with Crippen LogP contribution in [0.3, 0.4) is 0 Å². The van der Waals surface area contributed by atoms with Crippen molar-refractivity contribution in [2.24, 2.45) is 0 Å². The quantitative estimate of drug-likeness (QED) is 0.921. The molecular formula is C13H14ClN3O. The van der Waals surface area contributed by atoms with E-state index in [2.05, 4.69) is 10.4 Å². The maximum atomic E-state index is 11.9. The fraction of sp³-hybridized carbons (Fsp3) is 0.231. The summed E-state index contributed by atoms with van der Waals surface area (Å²) in [5, 5.41) is 7.53. The Hall–Kier alpha value is -1.81. The molecule has 0 bridgehead atoms. The third-order valence-corrected chi connectivity index (χ3v) is 2.90. The highest BCUT2D eigenvalue weighted by Crippen LogP contribution is 2.14. The molecule has 1 amide bonds. The third-order valence-electron chi connectivity index (χ3n) is 2.57. The molecule has 2 aromatic rings. The maximum Gasteiger partial charge on any atom is 0.253 e. The average molecular weight is 264 g/mol. The molecule has 4 nitrogen and oxygen atoms in total. The van der Waals surface area contributed by atoms with Gasteiger partial charge >= 0.3 is 0 Å². The van der Waals surface area contributed by atoms with Gasteiger partial charge in [0.2, 0.25) is 0 Å². The second-order valence-electron chi connectivity index (χ2n) is 3.83. The Labute approximate surface area is 111 Å². The lowest BCUT2D eigenvalue weighted by molar-refractivity contribution is 0.0950. The molecule has 0 aliphatic rings. The van der Waals surface area contributed by atoms with Crippen LogP contribution in [0.1, 0.15) is 23.0 Å². The van der Waals surface area contributed by atoms with Gasteiger partial charge in [-0.25, -0.2) is 0 Å². The standard InChI is InChI=1S/C13H14ClN3O/c1-2-17-8-7-10(16-17)9-15-13(18)11-5-3-4-6-12(11)14/h3-8H,2,9H2,1H3,(H,15,18). The van der Waals surface area contributed by atoms with E-state index in [9.17, 15) is 4.79 Å². The maximum absolute atomic E-state index is 11.9. The molecule has 0 saturated heterocycles. The number of carbonyl (C=O) groups excluding carboxylic acids is 1. The molecule has 1 N–H and O–H groups in total. The van der Waals surface area contributed by atoms with Gasteiger partial charge in [-0.15, -0.1) is 0 Å². The zero-order chi connectivity index (χ0) is 13.0. The van der Waals surface area contributed by atoms with E-state index in [1.807, 2.05) is 23.9 Å². The number of carbonyl (C=O) groups is 1. The van der Waals surface area contributed by atoms with Crippen molar-refractivity contribution in [1.82, 2.24) is 15.1 Å². The van der Waals surface area contributed by atoms with E-state index in [1.165, 1.54) is 0 Å². The largest absolute Gasteiger partial charge is 0.346 e. The molecule has 0 aliphatic carbocycles. The van der Waals surface area contributed by atoms with Crippen LogP contribution < -0.4 is 5.32 Å². The molecule has 94 valence electrons. The molecule has 0 fully saturated rings. The molecule has 5 heteroatoms. The number of hydrogen-bond donors (Lipinski definition) is 1. The number of nitrogens with one attached hydrogen (secondary N) is 1. The van der Waals surface area contributed by atoms with Gasteiger partial charge in [-0.2, -0.15) is 5.10 Å². The second-order valence-corrected chi connectivity index (χ2v) is 4.23. The second kappa shape index (κ2) is 5.69. The first-order valence-electron chi connectivity index (χ1n) is 5.75. The Balaban J connectivity index is 1.98. The first kappa shape index (κ1) is 12.6. The Kier molecular flexibility index (Phi) is 3.99. The van der Waals surface area contributed by atoms with Crippen molar-refractivity contribution in [1.29, 1.82) is 0 Å². The molecular weight excluding hydrogens is 250 g/mol. The predicted octanol–water partition coefficient (Wildman–Crippen LogP) is 2.49. The van der Waals surface area contributed by atoms with E-state index >= 15 is 0 Å². The van der Waals surface area contributed by atoms with Crippen LogP contribution in [0, 0.1) is 0 Å². The molecule has 1 aromatic carbocycles.